The minimum Gasteiger partial charge on any atom is -0.495 e. The lowest BCUT2D eigenvalue weighted by atomic mass is 10.2. The van der Waals surface area contributed by atoms with Gasteiger partial charge >= 0.3 is 0 Å². The van der Waals surface area contributed by atoms with Crippen LogP contribution in [-0.4, -0.2) is 61.2 Å². The van der Waals surface area contributed by atoms with Crippen molar-refractivity contribution in [2.24, 2.45) is 0 Å². The van der Waals surface area contributed by atoms with Gasteiger partial charge in [0.25, 0.3) is 0 Å². The predicted molar refractivity (Wildman–Crippen MR) is 124 cm³/mol. The fourth-order valence-corrected chi connectivity index (χ4v) is 3.72. The molecule has 1 fully saturated rings. The predicted octanol–water partition coefficient (Wildman–Crippen LogP) is 3.87. The summed E-state index contributed by atoms with van der Waals surface area (Å²) in [5, 5.41) is 0. The van der Waals surface area contributed by atoms with Crippen molar-refractivity contribution in [2.75, 3.05) is 56.2 Å². The molecule has 158 valence electrons. The van der Waals surface area contributed by atoms with Crippen molar-refractivity contribution in [2.45, 2.75) is 0 Å². The summed E-state index contributed by atoms with van der Waals surface area (Å²) in [5.74, 6) is 2.80. The summed E-state index contributed by atoms with van der Waals surface area (Å²) in [5.41, 5.74) is 1.18. The molecule has 7 heteroatoms. The van der Waals surface area contributed by atoms with E-state index in [1.165, 1.54) is 5.69 Å². The molecule has 1 saturated heterocycles. The van der Waals surface area contributed by atoms with Crippen LogP contribution in [0, 0.1) is 0 Å². The molecule has 1 aromatic carbocycles. The van der Waals surface area contributed by atoms with Crippen LogP contribution >= 0.6 is 12.4 Å². The topological polar surface area (TPSA) is 44.7 Å². The fourth-order valence-electron chi connectivity index (χ4n) is 3.72. The van der Waals surface area contributed by atoms with Crippen molar-refractivity contribution in [3.63, 3.8) is 0 Å². The fraction of sp³-hybridized carbons (Fsp3) is 0.304. The summed E-state index contributed by atoms with van der Waals surface area (Å²) in [6, 6.07) is 20.2. The van der Waals surface area contributed by atoms with E-state index in [9.17, 15) is 0 Å². The van der Waals surface area contributed by atoms with Crippen LogP contribution in [0.3, 0.4) is 0 Å². The Hall–Kier alpha value is -2.83. The van der Waals surface area contributed by atoms with Gasteiger partial charge in [-0.1, -0.05) is 24.3 Å². The third-order valence-electron chi connectivity index (χ3n) is 5.29. The lowest BCUT2D eigenvalue weighted by Gasteiger charge is -2.37. The van der Waals surface area contributed by atoms with Gasteiger partial charge in [0.1, 0.15) is 17.4 Å². The van der Waals surface area contributed by atoms with Gasteiger partial charge in [-0.2, -0.15) is 0 Å². The molecule has 2 aromatic heterocycles. The Bertz CT molecular complexity index is 849. The Kier molecular flexibility index (Phi) is 7.88. The van der Waals surface area contributed by atoms with E-state index in [1.807, 2.05) is 60.9 Å². The molecule has 0 radical (unpaired) electrons. The quantitative estimate of drug-likeness (QED) is 0.572. The standard InChI is InChI=1S/C23H27N5O.ClH/c1-29-21-9-3-2-8-20(21)27-17-14-26(15-18-27)16-19-28(22-10-4-6-12-24-22)23-11-5-7-13-25-23;/h2-13H,14-19H2,1H3;1H. The van der Waals surface area contributed by atoms with Gasteiger partial charge in [0.05, 0.1) is 12.8 Å². The number of nitrogens with zero attached hydrogens (tertiary/aromatic N) is 5. The molecular weight excluding hydrogens is 398 g/mol. The third kappa shape index (κ3) is 5.20. The number of ether oxygens (including phenoxy) is 1. The highest BCUT2D eigenvalue weighted by Crippen LogP contribution is 2.28. The summed E-state index contributed by atoms with van der Waals surface area (Å²) >= 11 is 0. The zero-order valence-electron chi connectivity index (χ0n) is 17.2. The second-order valence-electron chi connectivity index (χ2n) is 7.03. The first kappa shape index (κ1) is 21.9. The molecule has 0 aliphatic carbocycles. The first-order valence-corrected chi connectivity index (χ1v) is 10.0. The average Bonchev–Trinajstić information content (AvgIpc) is 2.81. The number of anilines is 3. The van der Waals surface area contributed by atoms with Gasteiger partial charge in [-0.25, -0.2) is 9.97 Å². The number of hydrogen-bond acceptors (Lipinski definition) is 6. The number of pyridine rings is 2. The number of hydrogen-bond donors (Lipinski definition) is 0. The van der Waals surface area contributed by atoms with Crippen molar-refractivity contribution in [1.82, 2.24) is 14.9 Å². The van der Waals surface area contributed by atoms with Crippen LogP contribution in [0.5, 0.6) is 5.75 Å². The van der Waals surface area contributed by atoms with E-state index in [1.54, 1.807) is 7.11 Å². The van der Waals surface area contributed by atoms with E-state index in [0.717, 1.165) is 56.7 Å². The molecule has 3 aromatic rings. The first-order chi connectivity index (χ1) is 14.3. The summed E-state index contributed by atoms with van der Waals surface area (Å²) in [6.07, 6.45) is 3.66. The van der Waals surface area contributed by atoms with Gasteiger partial charge in [0.2, 0.25) is 0 Å². The van der Waals surface area contributed by atoms with Gasteiger partial charge in [0, 0.05) is 51.7 Å². The lowest BCUT2D eigenvalue weighted by molar-refractivity contribution is 0.263. The molecule has 1 aliphatic rings. The molecule has 0 amide bonds. The minimum atomic E-state index is 0. The van der Waals surface area contributed by atoms with Gasteiger partial charge in [-0.05, 0) is 36.4 Å². The highest BCUT2D eigenvalue weighted by atomic mass is 35.5. The van der Waals surface area contributed by atoms with E-state index < -0.39 is 0 Å². The third-order valence-corrected chi connectivity index (χ3v) is 5.29. The maximum atomic E-state index is 5.53. The van der Waals surface area contributed by atoms with Gasteiger partial charge in [0.15, 0.2) is 0 Å². The Morgan fingerprint density at radius 2 is 1.43 bits per heavy atom. The van der Waals surface area contributed by atoms with Crippen molar-refractivity contribution >= 4 is 29.7 Å². The number of piperazine rings is 1. The lowest BCUT2D eigenvalue weighted by Crippen LogP contribution is -2.48. The molecule has 0 unspecified atom stereocenters. The second-order valence-corrected chi connectivity index (χ2v) is 7.03. The highest BCUT2D eigenvalue weighted by molar-refractivity contribution is 5.85. The van der Waals surface area contributed by atoms with Crippen molar-refractivity contribution in [1.29, 1.82) is 0 Å². The molecule has 0 atom stereocenters. The van der Waals surface area contributed by atoms with Crippen LogP contribution in [0.15, 0.2) is 73.1 Å². The van der Waals surface area contributed by atoms with Crippen LogP contribution in [0.4, 0.5) is 17.3 Å². The van der Waals surface area contributed by atoms with Crippen LogP contribution in [0.2, 0.25) is 0 Å². The molecule has 4 rings (SSSR count). The molecule has 3 heterocycles. The van der Waals surface area contributed by atoms with Crippen LogP contribution in [-0.2, 0) is 0 Å². The number of rotatable bonds is 7. The maximum absolute atomic E-state index is 5.53. The van der Waals surface area contributed by atoms with E-state index in [-0.39, 0.29) is 12.4 Å². The Morgan fingerprint density at radius 1 is 0.833 bits per heavy atom. The average molecular weight is 426 g/mol. The minimum absolute atomic E-state index is 0. The van der Waals surface area contributed by atoms with E-state index in [2.05, 4.69) is 36.8 Å². The van der Waals surface area contributed by atoms with E-state index in [4.69, 9.17) is 4.74 Å². The van der Waals surface area contributed by atoms with Crippen LogP contribution in [0.1, 0.15) is 0 Å². The molecule has 6 nitrogen and oxygen atoms in total. The second kappa shape index (κ2) is 10.8. The summed E-state index contributed by atoms with van der Waals surface area (Å²) < 4.78 is 5.53. The molecule has 0 spiro atoms. The summed E-state index contributed by atoms with van der Waals surface area (Å²) in [4.78, 5) is 16.2. The highest BCUT2D eigenvalue weighted by Gasteiger charge is 2.20. The van der Waals surface area contributed by atoms with Gasteiger partial charge in [-0.15, -0.1) is 12.4 Å². The SMILES string of the molecule is COc1ccccc1N1CCN(CCN(c2ccccn2)c2ccccn2)CC1.Cl. The molecule has 1 aliphatic heterocycles. The van der Waals surface area contributed by atoms with Crippen LogP contribution < -0.4 is 14.5 Å². The Labute approximate surface area is 184 Å². The number of aromatic nitrogens is 2. The number of benzene rings is 1. The first-order valence-electron chi connectivity index (χ1n) is 10.0. The molecular formula is C23H28ClN5O. The van der Waals surface area contributed by atoms with Crippen molar-refractivity contribution in [3.05, 3.63) is 73.1 Å². The zero-order valence-corrected chi connectivity index (χ0v) is 18.0. The molecule has 0 bridgehead atoms. The van der Waals surface area contributed by atoms with Crippen LogP contribution in [0.25, 0.3) is 0 Å². The zero-order chi connectivity index (χ0) is 19.9. The summed E-state index contributed by atoms with van der Waals surface area (Å²) in [7, 11) is 1.74. The van der Waals surface area contributed by atoms with Gasteiger partial charge in [-0.3, -0.25) is 4.90 Å². The van der Waals surface area contributed by atoms with E-state index in [0.29, 0.717) is 0 Å². The molecule has 30 heavy (non-hydrogen) atoms. The van der Waals surface area contributed by atoms with E-state index >= 15 is 0 Å². The van der Waals surface area contributed by atoms with Crippen molar-refractivity contribution < 1.29 is 4.74 Å². The summed E-state index contributed by atoms with van der Waals surface area (Å²) in [6.45, 7) is 5.85. The monoisotopic (exact) mass is 425 g/mol. The Morgan fingerprint density at radius 3 is 2.00 bits per heavy atom. The number of halogens is 1. The number of methoxy groups -OCH3 is 1. The van der Waals surface area contributed by atoms with Crippen molar-refractivity contribution in [3.8, 4) is 5.75 Å². The maximum Gasteiger partial charge on any atom is 0.142 e. The normalized spacial score (nSPS) is 14.1. The smallest absolute Gasteiger partial charge is 0.142 e. The molecule has 0 saturated carbocycles. The Balaban J connectivity index is 0.00000256. The largest absolute Gasteiger partial charge is 0.495 e. The molecule has 0 N–H and O–H groups in total. The van der Waals surface area contributed by atoms with Gasteiger partial charge < -0.3 is 14.5 Å². The number of para-hydroxylation sites is 2.